The fourth-order valence-electron chi connectivity index (χ4n) is 1.84. The summed E-state index contributed by atoms with van der Waals surface area (Å²) in [4.78, 5) is 23.6. The van der Waals surface area contributed by atoms with Gasteiger partial charge in [-0.25, -0.2) is 0 Å². The van der Waals surface area contributed by atoms with Crippen molar-refractivity contribution in [2.24, 2.45) is 0 Å². The summed E-state index contributed by atoms with van der Waals surface area (Å²) in [5.41, 5.74) is 0.283. The van der Waals surface area contributed by atoms with E-state index in [0.717, 1.165) is 0 Å². The molecule has 76 valence electrons. The highest BCUT2D eigenvalue weighted by Gasteiger charge is 2.68. The number of carbonyl (C=O) groups excluding carboxylic acids is 2. The van der Waals surface area contributed by atoms with Crippen LogP contribution in [0.4, 0.5) is 0 Å². The van der Waals surface area contributed by atoms with Crippen LogP contribution in [0.25, 0.3) is 0 Å². The van der Waals surface area contributed by atoms with Crippen LogP contribution in [0.2, 0.25) is 0 Å². The van der Waals surface area contributed by atoms with Crippen LogP contribution in [0, 0.1) is 0 Å². The van der Waals surface area contributed by atoms with Crippen LogP contribution in [0.15, 0.2) is 18.2 Å². The number of rotatable bonds is 0. The van der Waals surface area contributed by atoms with Gasteiger partial charge in [-0.15, -0.1) is 0 Å². The first-order chi connectivity index (χ1) is 7.05. The van der Waals surface area contributed by atoms with Crippen LogP contribution < -0.4 is 0 Å². The first kappa shape index (κ1) is 9.06. The molecule has 1 aliphatic heterocycles. The third-order valence-electron chi connectivity index (χ3n) is 2.65. The van der Waals surface area contributed by atoms with Crippen molar-refractivity contribution in [2.75, 3.05) is 0 Å². The number of phenolic OH excluding ortho intramolecular Hbond substituents is 1. The standard InChI is InChI=1S/C10H5BrO4/c11-10-8(14)4-2-1-3-5(12)6(4)7(13)9(10)15-10/h1-3,9,12H. The van der Waals surface area contributed by atoms with E-state index in [-0.39, 0.29) is 28.4 Å². The zero-order valence-electron chi connectivity index (χ0n) is 7.36. The van der Waals surface area contributed by atoms with Gasteiger partial charge in [0, 0.05) is 5.56 Å². The monoisotopic (exact) mass is 268 g/mol. The van der Waals surface area contributed by atoms with Gasteiger partial charge in [0.25, 0.3) is 0 Å². The quantitative estimate of drug-likeness (QED) is 0.568. The van der Waals surface area contributed by atoms with Crippen LogP contribution in [0.1, 0.15) is 20.7 Å². The fraction of sp³-hybridized carbons (Fsp3) is 0.200. The number of Topliss-reactive ketones (excluding diaryl/α,β-unsaturated/α-hetero) is 2. The number of ether oxygens (including phenoxy) is 1. The molecule has 2 aliphatic rings. The molecule has 4 nitrogen and oxygen atoms in total. The van der Waals surface area contributed by atoms with Gasteiger partial charge in [0.05, 0.1) is 5.56 Å². The number of fused-ring (bicyclic) bond motifs is 2. The smallest absolute Gasteiger partial charge is 0.220 e. The molecule has 3 rings (SSSR count). The van der Waals surface area contributed by atoms with Crippen LogP contribution >= 0.6 is 15.9 Å². The number of benzene rings is 1. The molecule has 2 unspecified atom stereocenters. The molecular weight excluding hydrogens is 264 g/mol. The zero-order chi connectivity index (χ0) is 10.8. The van der Waals surface area contributed by atoms with Crippen molar-refractivity contribution in [3.8, 4) is 5.75 Å². The molecule has 2 atom stereocenters. The van der Waals surface area contributed by atoms with E-state index >= 15 is 0 Å². The Kier molecular flexibility index (Phi) is 1.50. The van der Waals surface area contributed by atoms with Crippen LogP contribution in [-0.4, -0.2) is 27.3 Å². The minimum absolute atomic E-state index is 0.0695. The van der Waals surface area contributed by atoms with Crippen molar-refractivity contribution < 1.29 is 19.4 Å². The lowest BCUT2D eigenvalue weighted by Crippen LogP contribution is -2.32. The lowest BCUT2D eigenvalue weighted by molar-refractivity contribution is 0.0911. The van der Waals surface area contributed by atoms with Gasteiger partial charge < -0.3 is 9.84 Å². The molecule has 0 saturated carbocycles. The summed E-state index contributed by atoms with van der Waals surface area (Å²) >= 11 is 3.09. The molecule has 1 N–H and O–H groups in total. The van der Waals surface area contributed by atoms with Crippen molar-refractivity contribution in [3.63, 3.8) is 0 Å². The first-order valence-electron chi connectivity index (χ1n) is 4.33. The highest BCUT2D eigenvalue weighted by molar-refractivity contribution is 9.10. The fourth-order valence-corrected chi connectivity index (χ4v) is 2.44. The maximum Gasteiger partial charge on any atom is 0.220 e. The number of ketones is 2. The van der Waals surface area contributed by atoms with Crippen molar-refractivity contribution in [1.82, 2.24) is 0 Å². The number of phenols is 1. The van der Waals surface area contributed by atoms with E-state index in [9.17, 15) is 14.7 Å². The third kappa shape index (κ3) is 0.943. The van der Waals surface area contributed by atoms with Gasteiger partial charge in [0.15, 0.2) is 6.10 Å². The van der Waals surface area contributed by atoms with Gasteiger partial charge in [0.2, 0.25) is 16.1 Å². The maximum atomic E-state index is 11.8. The first-order valence-corrected chi connectivity index (χ1v) is 5.13. The molecule has 1 aliphatic carbocycles. The van der Waals surface area contributed by atoms with Crippen LogP contribution in [-0.2, 0) is 4.74 Å². The van der Waals surface area contributed by atoms with Gasteiger partial charge in [-0.05, 0) is 22.0 Å². The van der Waals surface area contributed by atoms with Gasteiger partial charge in [-0.1, -0.05) is 12.1 Å². The number of alkyl halides is 1. The Balaban J connectivity index is 2.30. The molecule has 1 aromatic carbocycles. The van der Waals surface area contributed by atoms with Gasteiger partial charge >= 0.3 is 0 Å². The average Bonchev–Trinajstić information content (AvgIpc) is 2.89. The number of epoxide rings is 1. The summed E-state index contributed by atoms with van der Waals surface area (Å²) in [6.45, 7) is 0. The van der Waals surface area contributed by atoms with E-state index in [0.29, 0.717) is 0 Å². The maximum absolute atomic E-state index is 11.8. The highest BCUT2D eigenvalue weighted by atomic mass is 79.9. The molecule has 0 radical (unpaired) electrons. The highest BCUT2D eigenvalue weighted by Crippen LogP contribution is 2.51. The second-order valence-corrected chi connectivity index (χ2v) is 4.71. The summed E-state index contributed by atoms with van der Waals surface area (Å²) < 4.78 is 3.86. The second kappa shape index (κ2) is 2.48. The number of hydrogen-bond donors (Lipinski definition) is 1. The summed E-state index contributed by atoms with van der Waals surface area (Å²) in [6.07, 6.45) is -0.786. The van der Waals surface area contributed by atoms with Gasteiger partial charge in [0.1, 0.15) is 5.75 Å². The molecule has 1 aromatic rings. The zero-order valence-corrected chi connectivity index (χ0v) is 8.95. The minimum atomic E-state index is -1.18. The molecule has 0 aromatic heterocycles. The second-order valence-electron chi connectivity index (χ2n) is 3.54. The lowest BCUT2D eigenvalue weighted by Gasteiger charge is -2.14. The Labute approximate surface area is 93.0 Å². The summed E-state index contributed by atoms with van der Waals surface area (Å²) in [7, 11) is 0. The van der Waals surface area contributed by atoms with E-state index < -0.39 is 10.6 Å². The van der Waals surface area contributed by atoms with Crippen molar-refractivity contribution in [1.29, 1.82) is 0 Å². The Morgan fingerprint density at radius 1 is 1.40 bits per heavy atom. The third-order valence-corrected chi connectivity index (χ3v) is 3.61. The van der Waals surface area contributed by atoms with Crippen molar-refractivity contribution >= 4 is 27.5 Å². The SMILES string of the molecule is O=C1c2c(O)cccc2C(=O)C2(Br)OC12. The Hall–Kier alpha value is -1.20. The Morgan fingerprint density at radius 2 is 2.13 bits per heavy atom. The largest absolute Gasteiger partial charge is 0.507 e. The summed E-state index contributed by atoms with van der Waals surface area (Å²) in [6, 6.07) is 4.42. The van der Waals surface area contributed by atoms with E-state index in [1.54, 1.807) is 0 Å². The van der Waals surface area contributed by atoms with Gasteiger partial charge in [-0.3, -0.25) is 9.59 Å². The molecule has 0 bridgehead atoms. The molecule has 1 fully saturated rings. The average molecular weight is 269 g/mol. The minimum Gasteiger partial charge on any atom is -0.507 e. The normalized spacial score (nSPS) is 32.2. The molecule has 1 saturated heterocycles. The number of carbonyl (C=O) groups is 2. The van der Waals surface area contributed by atoms with Gasteiger partial charge in [-0.2, -0.15) is 0 Å². The van der Waals surface area contributed by atoms with E-state index in [2.05, 4.69) is 15.9 Å². The number of aromatic hydroxyl groups is 1. The van der Waals surface area contributed by atoms with E-state index in [4.69, 9.17) is 4.74 Å². The van der Waals surface area contributed by atoms with Crippen molar-refractivity contribution in [2.45, 2.75) is 10.6 Å². The topological polar surface area (TPSA) is 66.9 Å². The molecule has 1 heterocycles. The van der Waals surface area contributed by atoms with Crippen LogP contribution in [0.5, 0.6) is 5.75 Å². The number of halogens is 1. The van der Waals surface area contributed by atoms with Crippen molar-refractivity contribution in [3.05, 3.63) is 29.3 Å². The molecule has 0 spiro atoms. The summed E-state index contributed by atoms with van der Waals surface area (Å²) in [5.74, 6) is -0.825. The van der Waals surface area contributed by atoms with E-state index in [1.165, 1.54) is 18.2 Å². The Bertz CT molecular complexity index is 510. The number of hydrogen-bond acceptors (Lipinski definition) is 4. The molecule has 5 heteroatoms. The predicted octanol–water partition coefficient (Wildman–Crippen LogP) is 1.26. The summed E-state index contributed by atoms with van der Waals surface area (Å²) in [5, 5.41) is 9.52. The van der Waals surface area contributed by atoms with Crippen LogP contribution in [0.3, 0.4) is 0 Å². The molecule has 0 amide bonds. The molecule has 15 heavy (non-hydrogen) atoms. The predicted molar refractivity (Wildman–Crippen MR) is 53.3 cm³/mol. The molecular formula is C10H5BrO4. The van der Waals surface area contributed by atoms with E-state index in [1.807, 2.05) is 0 Å². The Morgan fingerprint density at radius 3 is 2.87 bits per heavy atom. The lowest BCUT2D eigenvalue weighted by atomic mass is 9.89.